The van der Waals surface area contributed by atoms with Gasteiger partial charge >= 0.3 is 0 Å². The molecular weight excluding hydrogens is 1230 g/mol. The Bertz CT molecular complexity index is 6240. The van der Waals surface area contributed by atoms with Crippen molar-refractivity contribution in [2.24, 2.45) is 0 Å². The first-order chi connectivity index (χ1) is 50.1. The molecule has 0 saturated heterocycles. The van der Waals surface area contributed by atoms with E-state index in [1.54, 1.807) is 0 Å². The third kappa shape index (κ3) is 9.58. The Morgan fingerprint density at radius 2 is 0.594 bits per heavy atom. The molecule has 0 fully saturated rings. The van der Waals surface area contributed by atoms with Crippen LogP contribution in [-0.4, -0.2) is 45.8 Å². The Morgan fingerprint density at radius 1 is 0.208 bits per heavy atom. The molecule has 0 bridgehead atoms. The minimum Gasteiger partial charge on any atom is -0.311 e. The normalized spacial score (nSPS) is 12.3. The van der Waals surface area contributed by atoms with Gasteiger partial charge in [0.25, 0.3) is 6.71 Å². The number of benzene rings is 14. The summed E-state index contributed by atoms with van der Waals surface area (Å²) in [7, 11) is 0. The van der Waals surface area contributed by atoms with E-state index in [4.69, 9.17) is 29.9 Å². The van der Waals surface area contributed by atoms with Gasteiger partial charge in [-0.2, -0.15) is 0 Å². The van der Waals surface area contributed by atoms with Gasteiger partial charge in [-0.05, 0) is 137 Å². The van der Waals surface area contributed by atoms with Crippen LogP contribution in [-0.2, 0) is 0 Å². The van der Waals surface area contributed by atoms with E-state index in [2.05, 4.69) is 286 Å². The molecular formula is C90H57BN10. The molecule has 2 aliphatic rings. The number of nitrogens with zero attached hydrogens (tertiary/aromatic N) is 10. The van der Waals surface area contributed by atoms with E-state index in [0.29, 0.717) is 34.9 Å². The Balaban J connectivity index is 0.782. The first kappa shape index (κ1) is 57.6. The smallest absolute Gasteiger partial charge is 0.252 e. The van der Waals surface area contributed by atoms with Crippen LogP contribution in [0.15, 0.2) is 346 Å². The van der Waals surface area contributed by atoms with Gasteiger partial charge in [-0.15, -0.1) is 0 Å². The average Bonchev–Trinajstić information content (AvgIpc) is 1.61. The number of hydrogen-bond donors (Lipinski definition) is 0. The summed E-state index contributed by atoms with van der Waals surface area (Å²) < 4.78 is 4.77. The van der Waals surface area contributed by atoms with Gasteiger partial charge in [-0.3, -0.25) is 0 Å². The van der Waals surface area contributed by atoms with Gasteiger partial charge in [-0.25, -0.2) is 29.9 Å². The molecule has 0 N–H and O–H groups in total. The lowest BCUT2D eigenvalue weighted by Gasteiger charge is -2.44. The topological polar surface area (TPSA) is 93.7 Å². The quantitative estimate of drug-likeness (QED) is 0.118. The summed E-state index contributed by atoms with van der Waals surface area (Å²) in [6, 6.07) is 123. The molecule has 101 heavy (non-hydrogen) atoms. The summed E-state index contributed by atoms with van der Waals surface area (Å²) in [6.45, 7) is 0.0326. The van der Waals surface area contributed by atoms with Crippen molar-refractivity contribution < 1.29 is 0 Å². The van der Waals surface area contributed by atoms with E-state index in [9.17, 15) is 0 Å². The minimum atomic E-state index is 0.0326. The molecule has 18 aromatic rings. The third-order valence-corrected chi connectivity index (χ3v) is 20.0. The SMILES string of the molecule is c1ccc(-c2nc(-c3ccccc3)nc(-c3ccc(-n4c5ccccc5c5cc6c7ccccc7n(-c7ccccc7)c6cc54)c(-c4nc(-c5ccccc5)nc(-c5cccc(-c6cccc(N7c8ccccc8B8c9ccccc9N(c9ccccc9)c9cccc7c98)c6)c5)n4)c3)n2)cc1. The van der Waals surface area contributed by atoms with E-state index in [0.717, 1.165) is 111 Å². The fraction of sp³-hybridized carbons (Fsp3) is 0. The number of para-hydroxylation sites is 6. The van der Waals surface area contributed by atoms with Crippen molar-refractivity contribution in [2.75, 3.05) is 9.80 Å². The van der Waals surface area contributed by atoms with Crippen LogP contribution in [0.1, 0.15) is 0 Å². The lowest BCUT2D eigenvalue weighted by atomic mass is 9.33. The fourth-order valence-electron chi connectivity index (χ4n) is 15.5. The van der Waals surface area contributed by atoms with Crippen molar-refractivity contribution in [1.82, 2.24) is 39.0 Å². The van der Waals surface area contributed by atoms with Crippen molar-refractivity contribution in [3.05, 3.63) is 346 Å². The van der Waals surface area contributed by atoms with E-state index in [1.807, 2.05) is 78.9 Å². The summed E-state index contributed by atoms with van der Waals surface area (Å²) in [5.74, 6) is 3.17. The predicted molar refractivity (Wildman–Crippen MR) is 414 cm³/mol. The Labute approximate surface area is 582 Å². The predicted octanol–water partition coefficient (Wildman–Crippen LogP) is 20.0. The highest BCUT2D eigenvalue weighted by atomic mass is 15.2. The maximum Gasteiger partial charge on any atom is 0.252 e. The molecule has 11 heteroatoms. The number of anilines is 6. The highest BCUT2D eigenvalue weighted by Gasteiger charge is 2.43. The zero-order valence-electron chi connectivity index (χ0n) is 54.5. The first-order valence-corrected chi connectivity index (χ1v) is 34.1. The zero-order valence-corrected chi connectivity index (χ0v) is 54.5. The second kappa shape index (κ2) is 23.6. The van der Waals surface area contributed by atoms with Gasteiger partial charge in [0.05, 0.1) is 27.8 Å². The van der Waals surface area contributed by atoms with Crippen LogP contribution in [0.3, 0.4) is 0 Å². The third-order valence-electron chi connectivity index (χ3n) is 20.0. The van der Waals surface area contributed by atoms with Crippen molar-refractivity contribution in [3.63, 3.8) is 0 Å². The largest absolute Gasteiger partial charge is 0.311 e. The van der Waals surface area contributed by atoms with Crippen LogP contribution < -0.4 is 26.2 Å². The van der Waals surface area contributed by atoms with Gasteiger partial charge in [-0.1, -0.05) is 237 Å². The Morgan fingerprint density at radius 3 is 1.17 bits per heavy atom. The van der Waals surface area contributed by atoms with Crippen LogP contribution in [0.2, 0.25) is 0 Å². The van der Waals surface area contributed by atoms with E-state index < -0.39 is 0 Å². The van der Waals surface area contributed by atoms with Crippen molar-refractivity contribution in [3.8, 4) is 90.8 Å². The molecule has 0 amide bonds. The summed E-state index contributed by atoms with van der Waals surface area (Å²) >= 11 is 0. The molecule has 0 atom stereocenters. The van der Waals surface area contributed by atoms with Gasteiger partial charge in [0.1, 0.15) is 0 Å². The van der Waals surface area contributed by atoms with Gasteiger partial charge in [0.15, 0.2) is 34.9 Å². The van der Waals surface area contributed by atoms with Crippen molar-refractivity contribution >= 4 is 101 Å². The van der Waals surface area contributed by atoms with Crippen LogP contribution in [0.25, 0.3) is 134 Å². The first-order valence-electron chi connectivity index (χ1n) is 34.1. The molecule has 0 aliphatic carbocycles. The van der Waals surface area contributed by atoms with Crippen LogP contribution in [0.5, 0.6) is 0 Å². The molecule has 14 aromatic carbocycles. The Hall–Kier alpha value is -13.6. The minimum absolute atomic E-state index is 0.0326. The number of rotatable bonds is 11. The fourth-order valence-corrected chi connectivity index (χ4v) is 15.5. The molecule has 2 aliphatic heterocycles. The standard InChI is InChI=1S/C90H57BN10/c1-6-27-58(28-7-1)85-92-86(59-29-8-2-9-30-59)94-89(93-85)64-51-52-77(101-76-46-21-17-42-69(76)71-56-70-68-41-16-20-45-75(68)98(82(70)57-83(71)101)65-36-12-4-13-37-65)72(55-64)90-96-87(60-31-10-3-11-32-60)95-88(97-90)63-35-24-33-61(53-63)62-34-25-40-67(54-62)100-79-48-23-19-44-74(79)91-73-43-18-22-47-78(73)99(66-38-14-5-15-39-66)80-49-26-50-81(100)84(80)91/h1-57H. The summed E-state index contributed by atoms with van der Waals surface area (Å²) in [5.41, 5.74) is 23.9. The number of fused-ring (bicyclic) bond motifs is 10. The van der Waals surface area contributed by atoms with E-state index in [-0.39, 0.29) is 6.71 Å². The summed E-state index contributed by atoms with van der Waals surface area (Å²) in [4.78, 5) is 37.2. The summed E-state index contributed by atoms with van der Waals surface area (Å²) in [5, 5.41) is 4.59. The lowest BCUT2D eigenvalue weighted by molar-refractivity contribution is 1.06. The van der Waals surface area contributed by atoms with Gasteiger partial charge in [0, 0.05) is 94.7 Å². The summed E-state index contributed by atoms with van der Waals surface area (Å²) in [6.07, 6.45) is 0. The number of hydrogen-bond acceptors (Lipinski definition) is 8. The second-order valence-corrected chi connectivity index (χ2v) is 25.8. The number of aromatic nitrogens is 8. The van der Waals surface area contributed by atoms with Crippen molar-refractivity contribution in [1.29, 1.82) is 0 Å². The molecule has 0 radical (unpaired) electrons. The molecule has 6 heterocycles. The zero-order chi connectivity index (χ0) is 66.5. The maximum atomic E-state index is 5.67. The lowest BCUT2D eigenvalue weighted by Crippen LogP contribution is -2.61. The molecule has 470 valence electrons. The van der Waals surface area contributed by atoms with E-state index in [1.165, 1.54) is 38.5 Å². The van der Waals surface area contributed by atoms with Gasteiger partial charge in [0.2, 0.25) is 0 Å². The highest BCUT2D eigenvalue weighted by Crippen LogP contribution is 2.46. The van der Waals surface area contributed by atoms with Gasteiger partial charge < -0.3 is 18.9 Å². The average molecular weight is 1290 g/mol. The van der Waals surface area contributed by atoms with Crippen LogP contribution in [0.4, 0.5) is 34.1 Å². The molecule has 0 unspecified atom stereocenters. The molecule has 20 rings (SSSR count). The van der Waals surface area contributed by atoms with Crippen LogP contribution >= 0.6 is 0 Å². The molecule has 10 nitrogen and oxygen atoms in total. The molecule has 4 aromatic heterocycles. The second-order valence-electron chi connectivity index (χ2n) is 25.8. The highest BCUT2D eigenvalue weighted by molar-refractivity contribution is 7.00. The van der Waals surface area contributed by atoms with Crippen molar-refractivity contribution in [2.45, 2.75) is 0 Å². The van der Waals surface area contributed by atoms with E-state index >= 15 is 0 Å². The maximum absolute atomic E-state index is 5.67. The Kier molecular flexibility index (Phi) is 13.4. The molecule has 0 saturated carbocycles. The monoisotopic (exact) mass is 1290 g/mol. The molecule has 0 spiro atoms. The van der Waals surface area contributed by atoms with Crippen LogP contribution in [0, 0.1) is 0 Å².